The second-order valence-electron chi connectivity index (χ2n) is 5.26. The zero-order valence-corrected chi connectivity index (χ0v) is 14.5. The summed E-state index contributed by atoms with van der Waals surface area (Å²) in [6.07, 6.45) is 1.92. The highest BCUT2D eigenvalue weighted by atomic mass is 79.9. The minimum Gasteiger partial charge on any atom is -0.356 e. The summed E-state index contributed by atoms with van der Waals surface area (Å²) < 4.78 is 0.732. The number of hydrogen-bond acceptors (Lipinski definition) is 4. The average Bonchev–Trinajstić information content (AvgIpc) is 3.04. The van der Waals surface area contributed by atoms with Gasteiger partial charge in [-0.15, -0.1) is 0 Å². The summed E-state index contributed by atoms with van der Waals surface area (Å²) >= 11 is 3.22. The molecule has 3 rings (SSSR count). The molecule has 0 atom stereocenters. The molecule has 9 heteroatoms. The first-order valence-electron chi connectivity index (χ1n) is 7.44. The van der Waals surface area contributed by atoms with Gasteiger partial charge in [-0.1, -0.05) is 12.1 Å². The number of rotatable bonds is 4. The highest BCUT2D eigenvalue weighted by Gasteiger charge is 2.10. The highest BCUT2D eigenvalue weighted by molar-refractivity contribution is 9.10. The summed E-state index contributed by atoms with van der Waals surface area (Å²) in [4.78, 5) is 45.3. The van der Waals surface area contributed by atoms with Gasteiger partial charge < -0.3 is 9.97 Å². The van der Waals surface area contributed by atoms with Crippen LogP contribution in [0.15, 0.2) is 45.8 Å². The number of aryl methyl sites for hydroxylation is 1. The van der Waals surface area contributed by atoms with E-state index in [2.05, 4.69) is 41.7 Å². The molecule has 0 saturated carbocycles. The molecule has 128 valence electrons. The monoisotopic (exact) mass is 403 g/mol. The molecule has 0 fully saturated rings. The second kappa shape index (κ2) is 7.31. The first-order valence-corrected chi connectivity index (χ1v) is 8.23. The number of hydrazine groups is 1. The quantitative estimate of drug-likeness (QED) is 0.492. The van der Waals surface area contributed by atoms with Crippen LogP contribution in [0.2, 0.25) is 0 Å². The molecular weight excluding hydrogens is 390 g/mol. The highest BCUT2D eigenvalue weighted by Crippen LogP contribution is 2.10. The molecule has 3 aromatic rings. The van der Waals surface area contributed by atoms with E-state index in [1.54, 1.807) is 36.5 Å². The molecule has 0 aliphatic heterocycles. The van der Waals surface area contributed by atoms with E-state index in [1.165, 1.54) is 0 Å². The molecular formula is C16H14BrN5O3. The van der Waals surface area contributed by atoms with Crippen molar-refractivity contribution in [3.05, 3.63) is 62.9 Å². The van der Waals surface area contributed by atoms with Crippen molar-refractivity contribution in [2.75, 3.05) is 0 Å². The van der Waals surface area contributed by atoms with Gasteiger partial charge in [0, 0.05) is 23.5 Å². The lowest BCUT2D eigenvalue weighted by atomic mass is 10.2. The lowest BCUT2D eigenvalue weighted by Gasteiger charge is -2.06. The summed E-state index contributed by atoms with van der Waals surface area (Å²) in [5.41, 5.74) is 5.27. The van der Waals surface area contributed by atoms with Crippen LogP contribution >= 0.6 is 15.9 Å². The minimum absolute atomic E-state index is 0.0655. The molecule has 2 aromatic heterocycles. The third-order valence-electron chi connectivity index (χ3n) is 3.46. The maximum Gasteiger partial charge on any atom is 0.286 e. The fourth-order valence-electron chi connectivity index (χ4n) is 2.24. The molecule has 4 N–H and O–H groups in total. The van der Waals surface area contributed by atoms with Crippen LogP contribution in [-0.2, 0) is 11.2 Å². The third-order valence-corrected chi connectivity index (χ3v) is 3.92. The van der Waals surface area contributed by atoms with E-state index in [9.17, 15) is 14.4 Å². The molecule has 1 aromatic carbocycles. The molecule has 25 heavy (non-hydrogen) atoms. The average molecular weight is 404 g/mol. The van der Waals surface area contributed by atoms with Crippen LogP contribution in [0.1, 0.15) is 22.7 Å². The van der Waals surface area contributed by atoms with Gasteiger partial charge in [0.05, 0.1) is 10.9 Å². The third kappa shape index (κ3) is 4.13. The number of H-pyrrole nitrogens is 2. The van der Waals surface area contributed by atoms with Crippen molar-refractivity contribution >= 4 is 38.6 Å². The number of para-hydroxylation sites is 1. The van der Waals surface area contributed by atoms with Crippen LogP contribution in [-0.4, -0.2) is 26.8 Å². The number of benzene rings is 1. The molecule has 2 amide bonds. The lowest BCUT2D eigenvalue weighted by Crippen LogP contribution is -2.41. The van der Waals surface area contributed by atoms with Gasteiger partial charge in [0.25, 0.3) is 11.5 Å². The van der Waals surface area contributed by atoms with Gasteiger partial charge in [0.1, 0.15) is 11.5 Å². The molecule has 0 spiro atoms. The van der Waals surface area contributed by atoms with Crippen LogP contribution < -0.4 is 16.4 Å². The first-order chi connectivity index (χ1) is 12.0. The Bertz CT molecular complexity index is 995. The fraction of sp³-hybridized carbons (Fsp3) is 0.125. The van der Waals surface area contributed by atoms with Crippen molar-refractivity contribution in [3.63, 3.8) is 0 Å². The number of nitrogens with one attached hydrogen (secondary N) is 4. The van der Waals surface area contributed by atoms with E-state index in [1.807, 2.05) is 0 Å². The van der Waals surface area contributed by atoms with Gasteiger partial charge >= 0.3 is 0 Å². The van der Waals surface area contributed by atoms with Crippen LogP contribution in [0.25, 0.3) is 10.9 Å². The molecule has 0 aliphatic carbocycles. The van der Waals surface area contributed by atoms with E-state index >= 15 is 0 Å². The van der Waals surface area contributed by atoms with Gasteiger partial charge in [-0.3, -0.25) is 25.2 Å². The van der Waals surface area contributed by atoms with E-state index in [0.717, 1.165) is 4.47 Å². The van der Waals surface area contributed by atoms with Gasteiger partial charge in [-0.05, 0) is 34.1 Å². The number of aromatic amines is 2. The van der Waals surface area contributed by atoms with Crippen molar-refractivity contribution in [2.45, 2.75) is 12.8 Å². The number of amides is 2. The van der Waals surface area contributed by atoms with Crippen molar-refractivity contribution in [2.24, 2.45) is 0 Å². The zero-order valence-electron chi connectivity index (χ0n) is 12.9. The van der Waals surface area contributed by atoms with Crippen LogP contribution in [0.5, 0.6) is 0 Å². The van der Waals surface area contributed by atoms with E-state index < -0.39 is 11.8 Å². The summed E-state index contributed by atoms with van der Waals surface area (Å²) in [6, 6.07) is 8.57. The van der Waals surface area contributed by atoms with Crippen LogP contribution in [0.3, 0.4) is 0 Å². The van der Waals surface area contributed by atoms with Crippen LogP contribution in [0, 0.1) is 0 Å². The number of hydrogen-bond donors (Lipinski definition) is 4. The zero-order chi connectivity index (χ0) is 17.8. The topological polar surface area (TPSA) is 120 Å². The molecule has 8 nitrogen and oxygen atoms in total. The Balaban J connectivity index is 1.55. The summed E-state index contributed by atoms with van der Waals surface area (Å²) in [6.45, 7) is 0. The van der Waals surface area contributed by atoms with E-state index in [4.69, 9.17) is 0 Å². The predicted molar refractivity (Wildman–Crippen MR) is 94.8 cm³/mol. The van der Waals surface area contributed by atoms with E-state index in [0.29, 0.717) is 22.4 Å². The standard InChI is InChI=1S/C16H14BrN5O3/c17-9-7-12(18-8-9)16(25)22-21-14(23)6-5-13-19-11-4-2-1-3-10(11)15(24)20-13/h1-4,7-8,18H,5-6H2,(H,21,23)(H,22,25)(H,19,20,24). The normalized spacial score (nSPS) is 10.6. The largest absolute Gasteiger partial charge is 0.356 e. The molecule has 0 saturated heterocycles. The molecule has 2 heterocycles. The number of nitrogens with zero attached hydrogens (tertiary/aromatic N) is 1. The van der Waals surface area contributed by atoms with Gasteiger partial charge in [-0.25, -0.2) is 4.98 Å². The number of halogens is 1. The van der Waals surface area contributed by atoms with Crippen molar-refractivity contribution in [3.8, 4) is 0 Å². The number of carbonyl (C=O) groups is 2. The van der Waals surface area contributed by atoms with Gasteiger partial charge in [0.2, 0.25) is 5.91 Å². The summed E-state index contributed by atoms with van der Waals surface area (Å²) in [5.74, 6) is -0.440. The number of aromatic nitrogens is 3. The Labute approximate surface area is 150 Å². The maximum atomic E-state index is 12.0. The minimum atomic E-state index is -0.462. The van der Waals surface area contributed by atoms with Crippen molar-refractivity contribution in [1.82, 2.24) is 25.8 Å². The van der Waals surface area contributed by atoms with Crippen molar-refractivity contribution in [1.29, 1.82) is 0 Å². The number of fused-ring (bicyclic) bond motifs is 1. The number of carbonyl (C=O) groups excluding carboxylic acids is 2. The molecule has 0 aliphatic rings. The first kappa shape index (κ1) is 16.9. The second-order valence-corrected chi connectivity index (χ2v) is 6.18. The molecule has 0 bridgehead atoms. The van der Waals surface area contributed by atoms with Gasteiger partial charge in [-0.2, -0.15) is 0 Å². The maximum absolute atomic E-state index is 12.0. The Morgan fingerprint density at radius 1 is 1.20 bits per heavy atom. The lowest BCUT2D eigenvalue weighted by molar-refractivity contribution is -0.121. The van der Waals surface area contributed by atoms with Gasteiger partial charge in [0.15, 0.2) is 0 Å². The summed E-state index contributed by atoms with van der Waals surface area (Å²) in [7, 11) is 0. The Morgan fingerprint density at radius 2 is 2.00 bits per heavy atom. The Hall–Kier alpha value is -2.94. The molecule has 0 radical (unpaired) electrons. The van der Waals surface area contributed by atoms with Crippen molar-refractivity contribution < 1.29 is 9.59 Å². The predicted octanol–water partition coefficient (Wildman–Crippen LogP) is 1.41. The fourth-order valence-corrected chi connectivity index (χ4v) is 2.58. The smallest absolute Gasteiger partial charge is 0.286 e. The summed E-state index contributed by atoms with van der Waals surface area (Å²) in [5, 5.41) is 0.500. The van der Waals surface area contributed by atoms with Crippen LogP contribution in [0.4, 0.5) is 0 Å². The SMILES string of the molecule is O=C(CCc1nc2ccccc2c(=O)[nH]1)NNC(=O)c1cc(Br)c[nH]1. The Kier molecular flexibility index (Phi) is 4.94. The molecule has 0 unspecified atom stereocenters. The Morgan fingerprint density at radius 3 is 2.76 bits per heavy atom. The van der Waals surface area contributed by atoms with E-state index in [-0.39, 0.29) is 18.4 Å².